The highest BCUT2D eigenvalue weighted by Crippen LogP contribution is 2.41. The van der Waals surface area contributed by atoms with Crippen LogP contribution in [0.5, 0.6) is 0 Å². The lowest BCUT2D eigenvalue weighted by Crippen LogP contribution is -1.94. The predicted molar refractivity (Wildman–Crippen MR) is 94.7 cm³/mol. The molecule has 0 bridgehead atoms. The van der Waals surface area contributed by atoms with Crippen molar-refractivity contribution in [2.24, 2.45) is 0 Å². The van der Waals surface area contributed by atoms with E-state index in [4.69, 9.17) is 0 Å². The van der Waals surface area contributed by atoms with Gasteiger partial charge in [0.1, 0.15) is 0 Å². The molecule has 0 N–H and O–H groups in total. The largest absolute Gasteiger partial charge is 0.0688 e. The van der Waals surface area contributed by atoms with Gasteiger partial charge in [-0.1, -0.05) is 72.6 Å². The molecular weight excluding hydrogens is 320 g/mol. The van der Waals surface area contributed by atoms with Crippen LogP contribution in [0, 0.1) is 0 Å². The van der Waals surface area contributed by atoms with Crippen LogP contribution in [0.25, 0.3) is 5.57 Å². The summed E-state index contributed by atoms with van der Waals surface area (Å²) in [5.74, 6) is 0.492. The summed E-state index contributed by atoms with van der Waals surface area (Å²) in [5, 5.41) is 0. The zero-order chi connectivity index (χ0) is 14.8. The van der Waals surface area contributed by atoms with Crippen LogP contribution in [0.1, 0.15) is 54.9 Å². The first-order valence-corrected chi connectivity index (χ1v) is 8.60. The van der Waals surface area contributed by atoms with Crippen molar-refractivity contribution in [1.82, 2.24) is 0 Å². The standard InChI is InChI=1S/C20H21Br/c1-3-4-7-15-8-5-6-9-17(15)20-12-14(2)19-13-16(21)10-11-18(19)20/h5-6,8-14H,3-4,7H2,1-2H3. The maximum absolute atomic E-state index is 3.59. The average molecular weight is 341 g/mol. The Morgan fingerprint density at radius 2 is 1.86 bits per heavy atom. The van der Waals surface area contributed by atoms with Gasteiger partial charge >= 0.3 is 0 Å². The Balaban J connectivity index is 2.05. The zero-order valence-electron chi connectivity index (χ0n) is 12.7. The molecule has 0 spiro atoms. The van der Waals surface area contributed by atoms with Gasteiger partial charge in [0.2, 0.25) is 0 Å². The molecule has 0 heterocycles. The van der Waals surface area contributed by atoms with E-state index in [1.165, 1.54) is 51.6 Å². The van der Waals surface area contributed by atoms with Crippen molar-refractivity contribution in [3.05, 3.63) is 75.3 Å². The molecule has 1 atom stereocenters. The Hall–Kier alpha value is -1.34. The summed E-state index contributed by atoms with van der Waals surface area (Å²) in [4.78, 5) is 0. The fraction of sp³-hybridized carbons (Fsp3) is 0.300. The van der Waals surface area contributed by atoms with E-state index in [2.05, 4.69) is 78.3 Å². The molecule has 0 radical (unpaired) electrons. The number of hydrogen-bond acceptors (Lipinski definition) is 0. The minimum atomic E-state index is 0.492. The second-order valence-electron chi connectivity index (χ2n) is 5.86. The molecule has 0 amide bonds. The normalized spacial score (nSPS) is 16.7. The summed E-state index contributed by atoms with van der Waals surface area (Å²) in [7, 11) is 0. The van der Waals surface area contributed by atoms with E-state index in [0.29, 0.717) is 5.92 Å². The molecule has 1 unspecified atom stereocenters. The Morgan fingerprint density at radius 1 is 1.05 bits per heavy atom. The molecular formula is C20H21Br. The van der Waals surface area contributed by atoms with Crippen molar-refractivity contribution in [2.45, 2.75) is 39.0 Å². The monoisotopic (exact) mass is 340 g/mol. The maximum atomic E-state index is 3.59. The highest BCUT2D eigenvalue weighted by Gasteiger charge is 2.22. The fourth-order valence-electron chi connectivity index (χ4n) is 3.19. The lowest BCUT2D eigenvalue weighted by atomic mass is 9.93. The maximum Gasteiger partial charge on any atom is 0.0178 e. The van der Waals surface area contributed by atoms with Gasteiger partial charge in [-0.05, 0) is 52.8 Å². The first-order valence-electron chi connectivity index (χ1n) is 7.80. The molecule has 2 aromatic rings. The van der Waals surface area contributed by atoms with E-state index in [-0.39, 0.29) is 0 Å². The molecule has 0 aliphatic heterocycles. The van der Waals surface area contributed by atoms with Crippen LogP contribution in [0.4, 0.5) is 0 Å². The topological polar surface area (TPSA) is 0 Å². The predicted octanol–water partition coefficient (Wildman–Crippen LogP) is 6.34. The summed E-state index contributed by atoms with van der Waals surface area (Å²) in [5.41, 5.74) is 7.14. The molecule has 21 heavy (non-hydrogen) atoms. The second-order valence-corrected chi connectivity index (χ2v) is 6.78. The molecule has 0 nitrogen and oxygen atoms in total. The summed E-state index contributed by atoms with van der Waals surface area (Å²) in [6.45, 7) is 4.54. The summed E-state index contributed by atoms with van der Waals surface area (Å²) in [6.07, 6.45) is 6.09. The average Bonchev–Trinajstić information content (AvgIpc) is 2.82. The highest BCUT2D eigenvalue weighted by atomic mass is 79.9. The van der Waals surface area contributed by atoms with Crippen molar-refractivity contribution < 1.29 is 0 Å². The van der Waals surface area contributed by atoms with Crippen molar-refractivity contribution in [3.63, 3.8) is 0 Å². The number of rotatable bonds is 4. The SMILES string of the molecule is CCCCc1ccccc1C1=CC(C)c2cc(Br)ccc21. The summed E-state index contributed by atoms with van der Waals surface area (Å²) in [6, 6.07) is 15.6. The summed E-state index contributed by atoms with van der Waals surface area (Å²) < 4.78 is 1.17. The van der Waals surface area contributed by atoms with Gasteiger partial charge in [-0.2, -0.15) is 0 Å². The van der Waals surface area contributed by atoms with Gasteiger partial charge in [-0.3, -0.25) is 0 Å². The number of benzene rings is 2. The van der Waals surface area contributed by atoms with Crippen LogP contribution >= 0.6 is 15.9 Å². The molecule has 3 rings (SSSR count). The number of halogens is 1. The van der Waals surface area contributed by atoms with Gasteiger partial charge < -0.3 is 0 Å². The Labute approximate surface area is 136 Å². The lowest BCUT2D eigenvalue weighted by molar-refractivity contribution is 0.794. The van der Waals surface area contributed by atoms with E-state index < -0.39 is 0 Å². The minimum Gasteiger partial charge on any atom is -0.0688 e. The lowest BCUT2D eigenvalue weighted by Gasteiger charge is -2.12. The quantitative estimate of drug-likeness (QED) is 0.609. The molecule has 0 saturated carbocycles. The number of fused-ring (bicyclic) bond motifs is 1. The Bertz CT molecular complexity index is 682. The molecule has 1 aliphatic rings. The Kier molecular flexibility index (Phi) is 4.30. The molecule has 0 saturated heterocycles. The molecule has 0 fully saturated rings. The van der Waals surface area contributed by atoms with Crippen LogP contribution in [-0.4, -0.2) is 0 Å². The molecule has 2 aromatic carbocycles. The number of allylic oxidation sites excluding steroid dienone is 1. The van der Waals surface area contributed by atoms with Gasteiger partial charge in [0.15, 0.2) is 0 Å². The van der Waals surface area contributed by atoms with Gasteiger partial charge in [-0.25, -0.2) is 0 Å². The zero-order valence-corrected chi connectivity index (χ0v) is 14.3. The van der Waals surface area contributed by atoms with Crippen molar-refractivity contribution in [3.8, 4) is 0 Å². The van der Waals surface area contributed by atoms with Crippen LogP contribution in [0.15, 0.2) is 53.0 Å². The van der Waals surface area contributed by atoms with Crippen LogP contribution in [0.2, 0.25) is 0 Å². The highest BCUT2D eigenvalue weighted by molar-refractivity contribution is 9.10. The van der Waals surface area contributed by atoms with Crippen molar-refractivity contribution in [2.75, 3.05) is 0 Å². The number of aryl methyl sites for hydroxylation is 1. The van der Waals surface area contributed by atoms with Crippen molar-refractivity contribution >= 4 is 21.5 Å². The number of unbranched alkanes of at least 4 members (excludes halogenated alkanes) is 1. The van der Waals surface area contributed by atoms with E-state index in [1.807, 2.05) is 0 Å². The van der Waals surface area contributed by atoms with E-state index in [9.17, 15) is 0 Å². The van der Waals surface area contributed by atoms with E-state index >= 15 is 0 Å². The number of hydrogen-bond donors (Lipinski definition) is 0. The molecule has 0 aromatic heterocycles. The van der Waals surface area contributed by atoms with Crippen LogP contribution < -0.4 is 0 Å². The van der Waals surface area contributed by atoms with Gasteiger partial charge in [0, 0.05) is 10.4 Å². The van der Waals surface area contributed by atoms with Crippen LogP contribution in [-0.2, 0) is 6.42 Å². The first-order chi connectivity index (χ1) is 10.2. The third-order valence-electron chi connectivity index (χ3n) is 4.32. The molecule has 1 aliphatic carbocycles. The smallest absolute Gasteiger partial charge is 0.0178 e. The van der Waals surface area contributed by atoms with Gasteiger partial charge in [-0.15, -0.1) is 0 Å². The molecule has 1 heteroatoms. The molecule has 108 valence electrons. The van der Waals surface area contributed by atoms with Crippen molar-refractivity contribution in [1.29, 1.82) is 0 Å². The minimum absolute atomic E-state index is 0.492. The van der Waals surface area contributed by atoms with E-state index in [0.717, 1.165) is 0 Å². The third kappa shape index (κ3) is 2.85. The fourth-order valence-corrected chi connectivity index (χ4v) is 3.57. The second kappa shape index (κ2) is 6.19. The van der Waals surface area contributed by atoms with E-state index in [1.54, 1.807) is 0 Å². The van der Waals surface area contributed by atoms with Crippen LogP contribution in [0.3, 0.4) is 0 Å². The van der Waals surface area contributed by atoms with Gasteiger partial charge in [0.25, 0.3) is 0 Å². The first kappa shape index (κ1) is 14.6. The van der Waals surface area contributed by atoms with Gasteiger partial charge in [0.05, 0.1) is 0 Å². The third-order valence-corrected chi connectivity index (χ3v) is 4.81. The Morgan fingerprint density at radius 3 is 2.67 bits per heavy atom. The summed E-state index contributed by atoms with van der Waals surface area (Å²) >= 11 is 3.59.